The Labute approximate surface area is 154 Å². The van der Waals surface area contributed by atoms with Crippen LogP contribution >= 0.6 is 11.8 Å². The summed E-state index contributed by atoms with van der Waals surface area (Å²) in [4.78, 5) is 20.6. The maximum atomic E-state index is 14.0. The van der Waals surface area contributed by atoms with Crippen molar-refractivity contribution in [1.82, 2.24) is 4.90 Å². The van der Waals surface area contributed by atoms with Crippen LogP contribution < -0.4 is 9.64 Å². The van der Waals surface area contributed by atoms with Crippen molar-refractivity contribution in [1.29, 1.82) is 0 Å². The van der Waals surface area contributed by atoms with Gasteiger partial charge in [-0.2, -0.15) is 0 Å². The van der Waals surface area contributed by atoms with E-state index in [1.807, 2.05) is 29.2 Å². The van der Waals surface area contributed by atoms with Gasteiger partial charge in [-0.1, -0.05) is 36.0 Å². The number of carbonyl (C=O) groups is 1. The number of amidine groups is 1. The van der Waals surface area contributed by atoms with Gasteiger partial charge in [0.1, 0.15) is 23.9 Å². The van der Waals surface area contributed by atoms with Gasteiger partial charge in [0.25, 0.3) is 5.91 Å². The van der Waals surface area contributed by atoms with Gasteiger partial charge in [0.05, 0.1) is 18.7 Å². The smallest absolute Gasteiger partial charge is 0.280 e. The van der Waals surface area contributed by atoms with Gasteiger partial charge in [0, 0.05) is 0 Å². The van der Waals surface area contributed by atoms with Crippen LogP contribution in [0.2, 0.25) is 0 Å². The summed E-state index contributed by atoms with van der Waals surface area (Å²) >= 11 is 1.42. The second kappa shape index (κ2) is 6.84. The molecule has 0 bridgehead atoms. The molecule has 1 saturated heterocycles. The van der Waals surface area contributed by atoms with E-state index in [-0.39, 0.29) is 18.4 Å². The average molecular weight is 369 g/mol. The van der Waals surface area contributed by atoms with Gasteiger partial charge in [-0.3, -0.25) is 9.69 Å². The summed E-state index contributed by atoms with van der Waals surface area (Å²) in [5.41, 5.74) is 1.74. The number of aliphatic imine (C=N–C) groups is 1. The summed E-state index contributed by atoms with van der Waals surface area (Å²) in [7, 11) is 1.61. The first kappa shape index (κ1) is 16.7. The second-order valence-corrected chi connectivity index (χ2v) is 6.75. The van der Waals surface area contributed by atoms with E-state index in [0.29, 0.717) is 22.4 Å². The lowest BCUT2D eigenvalue weighted by atomic mass is 10.2. The number of halogens is 1. The molecule has 132 valence electrons. The molecule has 1 fully saturated rings. The maximum absolute atomic E-state index is 14.0. The van der Waals surface area contributed by atoms with Gasteiger partial charge in [-0.05, 0) is 35.9 Å². The Morgan fingerprint density at radius 1 is 1.19 bits per heavy atom. The van der Waals surface area contributed by atoms with Crippen molar-refractivity contribution in [2.24, 2.45) is 4.99 Å². The number of hydrogen-bond acceptors (Lipinski definition) is 5. The fourth-order valence-corrected chi connectivity index (χ4v) is 3.78. The fraction of sp³-hybridized carbons (Fsp3) is 0.158. The van der Waals surface area contributed by atoms with E-state index >= 15 is 0 Å². The highest BCUT2D eigenvalue weighted by molar-refractivity contribution is 8.14. The molecule has 2 heterocycles. The highest BCUT2D eigenvalue weighted by Gasteiger charge is 2.35. The second-order valence-electron chi connectivity index (χ2n) is 5.84. The average Bonchev–Trinajstić information content (AvgIpc) is 2.98. The quantitative estimate of drug-likeness (QED) is 0.777. The SMILES string of the molecule is COc1ccc(C=C2N=C3SCN(c4ccccc4F)CN3C2=O)cc1. The molecule has 26 heavy (non-hydrogen) atoms. The van der Waals surface area contributed by atoms with Crippen molar-refractivity contribution >= 4 is 34.6 Å². The largest absolute Gasteiger partial charge is 0.497 e. The summed E-state index contributed by atoms with van der Waals surface area (Å²) < 4.78 is 19.2. The van der Waals surface area contributed by atoms with E-state index in [9.17, 15) is 9.18 Å². The molecule has 0 aromatic heterocycles. The van der Waals surface area contributed by atoms with Crippen LogP contribution in [0.3, 0.4) is 0 Å². The van der Waals surface area contributed by atoms with Crippen LogP contribution in [0.5, 0.6) is 5.75 Å². The monoisotopic (exact) mass is 369 g/mol. The standard InChI is InChI=1S/C19H16FN3O2S/c1-25-14-8-6-13(7-9-14)10-16-18(24)23-11-22(12-26-19(23)21-16)17-5-3-2-4-15(17)20/h2-10H,11-12H2,1H3. The van der Waals surface area contributed by atoms with E-state index in [0.717, 1.165) is 11.3 Å². The number of carbonyl (C=O) groups excluding carboxylic acids is 1. The Hall–Kier alpha value is -2.80. The number of hydrogen-bond donors (Lipinski definition) is 0. The van der Waals surface area contributed by atoms with Crippen molar-refractivity contribution in [2.75, 3.05) is 24.6 Å². The van der Waals surface area contributed by atoms with Crippen LogP contribution in [-0.2, 0) is 4.79 Å². The third-order valence-corrected chi connectivity index (χ3v) is 5.20. The van der Waals surface area contributed by atoms with Gasteiger partial charge in [-0.25, -0.2) is 9.38 Å². The fourth-order valence-electron chi connectivity index (χ4n) is 2.82. The Morgan fingerprint density at radius 3 is 2.69 bits per heavy atom. The Bertz CT molecular complexity index is 911. The molecule has 7 heteroatoms. The number of amides is 1. The number of ether oxygens (including phenoxy) is 1. The minimum atomic E-state index is -0.297. The van der Waals surface area contributed by atoms with Crippen molar-refractivity contribution in [3.05, 3.63) is 65.6 Å². The lowest BCUT2D eigenvalue weighted by Crippen LogP contribution is -2.46. The third kappa shape index (κ3) is 3.06. The normalized spacial score (nSPS) is 18.2. The molecule has 5 nitrogen and oxygen atoms in total. The van der Waals surface area contributed by atoms with E-state index in [1.165, 1.54) is 17.8 Å². The van der Waals surface area contributed by atoms with Gasteiger partial charge in [-0.15, -0.1) is 0 Å². The number of rotatable bonds is 3. The van der Waals surface area contributed by atoms with Crippen LogP contribution in [0.4, 0.5) is 10.1 Å². The minimum Gasteiger partial charge on any atom is -0.497 e. The van der Waals surface area contributed by atoms with Crippen LogP contribution in [0.15, 0.2) is 59.2 Å². The lowest BCUT2D eigenvalue weighted by molar-refractivity contribution is -0.122. The van der Waals surface area contributed by atoms with Gasteiger partial charge in [0.15, 0.2) is 5.17 Å². The van der Waals surface area contributed by atoms with Crippen LogP contribution in [0.25, 0.3) is 6.08 Å². The minimum absolute atomic E-state index is 0.177. The zero-order valence-corrected chi connectivity index (χ0v) is 14.9. The summed E-state index contributed by atoms with van der Waals surface area (Å²) in [6.07, 6.45) is 1.75. The summed E-state index contributed by atoms with van der Waals surface area (Å²) in [5, 5.41) is 0.655. The molecule has 0 atom stereocenters. The summed E-state index contributed by atoms with van der Waals surface area (Å²) in [5.74, 6) is 0.822. The topological polar surface area (TPSA) is 45.1 Å². The van der Waals surface area contributed by atoms with Crippen molar-refractivity contribution < 1.29 is 13.9 Å². The molecule has 0 unspecified atom stereocenters. The third-order valence-electron chi connectivity index (χ3n) is 4.19. The van der Waals surface area contributed by atoms with Crippen molar-refractivity contribution in [3.63, 3.8) is 0 Å². The number of nitrogens with zero attached hydrogens (tertiary/aromatic N) is 3. The lowest BCUT2D eigenvalue weighted by Gasteiger charge is -2.34. The molecule has 0 N–H and O–H groups in total. The van der Waals surface area contributed by atoms with Crippen LogP contribution in [-0.4, -0.2) is 35.6 Å². The van der Waals surface area contributed by atoms with Gasteiger partial charge < -0.3 is 9.64 Å². The first-order chi connectivity index (χ1) is 12.7. The predicted molar refractivity (Wildman–Crippen MR) is 101 cm³/mol. The molecule has 2 aliphatic rings. The van der Waals surface area contributed by atoms with Crippen LogP contribution in [0, 0.1) is 5.82 Å². The molecule has 0 radical (unpaired) electrons. The number of fused-ring (bicyclic) bond motifs is 1. The highest BCUT2D eigenvalue weighted by Crippen LogP contribution is 2.32. The molecule has 0 saturated carbocycles. The number of methoxy groups -OCH3 is 1. The molecule has 2 aromatic rings. The van der Waals surface area contributed by atoms with Crippen LogP contribution in [0.1, 0.15) is 5.56 Å². The number of anilines is 1. The molecule has 2 aliphatic heterocycles. The molecular weight excluding hydrogens is 353 g/mol. The Morgan fingerprint density at radius 2 is 1.96 bits per heavy atom. The number of para-hydroxylation sites is 1. The maximum Gasteiger partial charge on any atom is 0.280 e. The van der Waals surface area contributed by atoms with Crippen molar-refractivity contribution in [2.45, 2.75) is 0 Å². The molecular formula is C19H16FN3O2S. The van der Waals surface area contributed by atoms with E-state index in [1.54, 1.807) is 36.3 Å². The predicted octanol–water partition coefficient (Wildman–Crippen LogP) is 3.54. The number of benzene rings is 2. The number of thioether (sulfide) groups is 1. The van der Waals surface area contributed by atoms with E-state index in [2.05, 4.69) is 4.99 Å². The first-order valence-electron chi connectivity index (χ1n) is 8.04. The molecule has 0 spiro atoms. The van der Waals surface area contributed by atoms with E-state index < -0.39 is 0 Å². The van der Waals surface area contributed by atoms with Crippen molar-refractivity contribution in [3.8, 4) is 5.75 Å². The zero-order valence-electron chi connectivity index (χ0n) is 14.1. The summed E-state index contributed by atoms with van der Waals surface area (Å²) in [6, 6.07) is 14.0. The first-order valence-corrected chi connectivity index (χ1v) is 9.03. The van der Waals surface area contributed by atoms with Gasteiger partial charge in [0.2, 0.25) is 0 Å². The Kier molecular flexibility index (Phi) is 4.38. The molecule has 1 amide bonds. The Balaban J connectivity index is 1.55. The highest BCUT2D eigenvalue weighted by atomic mass is 32.2. The molecule has 0 aliphatic carbocycles. The van der Waals surface area contributed by atoms with Gasteiger partial charge >= 0.3 is 0 Å². The zero-order chi connectivity index (χ0) is 18.1. The summed E-state index contributed by atoms with van der Waals surface area (Å²) in [6.45, 7) is 0.283. The molecule has 2 aromatic carbocycles. The molecule has 4 rings (SSSR count). The van der Waals surface area contributed by atoms with E-state index in [4.69, 9.17) is 4.74 Å².